The molecule has 0 saturated carbocycles. The Morgan fingerprint density at radius 3 is 2.62 bits per heavy atom. The van der Waals surface area contributed by atoms with E-state index in [0.717, 1.165) is 27.9 Å². The molecule has 2 aromatic carbocycles. The first-order chi connectivity index (χ1) is 19.4. The number of para-hydroxylation sites is 1. The molecule has 0 aliphatic heterocycles. The summed E-state index contributed by atoms with van der Waals surface area (Å²) in [7, 11) is 1.86. The lowest BCUT2D eigenvalue weighted by atomic mass is 9.99. The number of aromatic nitrogens is 6. The van der Waals surface area contributed by atoms with Crippen LogP contribution >= 0.6 is 0 Å². The van der Waals surface area contributed by atoms with Gasteiger partial charge in [-0.05, 0) is 48.6 Å². The van der Waals surface area contributed by atoms with Crippen LogP contribution in [0.25, 0.3) is 39.0 Å². The number of benzene rings is 2. The number of aryl methyl sites for hydroxylation is 2. The summed E-state index contributed by atoms with van der Waals surface area (Å²) < 4.78 is 8.94. The molecule has 1 atom stereocenters. The lowest BCUT2D eigenvalue weighted by molar-refractivity contribution is 0.426. The van der Waals surface area contributed by atoms with Crippen LogP contribution < -0.4 is 16.6 Å². The van der Waals surface area contributed by atoms with Gasteiger partial charge in [0, 0.05) is 42.1 Å². The zero-order chi connectivity index (χ0) is 27.8. The molecule has 6 rings (SSSR count). The van der Waals surface area contributed by atoms with Crippen LogP contribution in [0.4, 0.5) is 11.5 Å². The summed E-state index contributed by atoms with van der Waals surface area (Å²) >= 11 is 0. The Morgan fingerprint density at radius 1 is 1.10 bits per heavy atom. The van der Waals surface area contributed by atoms with E-state index < -0.39 is 0 Å². The zero-order valence-electron chi connectivity index (χ0n) is 22.4. The van der Waals surface area contributed by atoms with Crippen molar-refractivity contribution in [1.82, 2.24) is 29.5 Å². The quantitative estimate of drug-likeness (QED) is 0.284. The van der Waals surface area contributed by atoms with E-state index >= 15 is 0 Å². The van der Waals surface area contributed by atoms with Gasteiger partial charge in [-0.25, -0.2) is 4.98 Å². The fourth-order valence-electron chi connectivity index (χ4n) is 5.04. The van der Waals surface area contributed by atoms with Crippen LogP contribution in [-0.2, 0) is 7.05 Å². The summed E-state index contributed by atoms with van der Waals surface area (Å²) in [5.41, 5.74) is 10.5. The first-order valence-corrected chi connectivity index (χ1v) is 13.0. The van der Waals surface area contributed by atoms with Gasteiger partial charge in [-0.2, -0.15) is 10.1 Å². The Kier molecular flexibility index (Phi) is 6.35. The minimum absolute atomic E-state index is 0.119. The molecule has 10 heteroatoms. The molecule has 0 radical (unpaired) electrons. The molecule has 0 fully saturated rings. The molecule has 4 heterocycles. The second-order valence-electron chi connectivity index (χ2n) is 9.59. The van der Waals surface area contributed by atoms with Crippen molar-refractivity contribution >= 4 is 22.3 Å². The van der Waals surface area contributed by atoms with Crippen LogP contribution in [-0.4, -0.2) is 29.5 Å². The average molecular weight is 533 g/mol. The van der Waals surface area contributed by atoms with E-state index in [4.69, 9.17) is 10.3 Å². The molecule has 0 saturated heterocycles. The lowest BCUT2D eigenvalue weighted by Gasteiger charge is -2.24. The number of anilines is 2. The minimum Gasteiger partial charge on any atom is -0.398 e. The Morgan fingerprint density at radius 2 is 1.93 bits per heavy atom. The monoisotopic (exact) mass is 532 g/mol. The molecule has 0 bridgehead atoms. The third-order valence-corrected chi connectivity index (χ3v) is 6.91. The molecule has 4 aromatic heterocycles. The molecule has 10 nitrogen and oxygen atoms in total. The summed E-state index contributed by atoms with van der Waals surface area (Å²) in [5.74, 6) is 1.26. The zero-order valence-corrected chi connectivity index (χ0v) is 22.4. The SMILES string of the molecule is CC[C@H](Nc1nccc(N)c1-c1nc(C)no1)c1cc2cccc(-c3cnn(C)c3)c2c(=O)n1-c1ccccc1. The molecule has 0 spiro atoms. The second-order valence-corrected chi connectivity index (χ2v) is 9.59. The predicted octanol–water partition coefficient (Wildman–Crippen LogP) is 5.29. The predicted molar refractivity (Wildman–Crippen MR) is 155 cm³/mol. The molecule has 40 heavy (non-hydrogen) atoms. The van der Waals surface area contributed by atoms with Crippen LogP contribution in [0.1, 0.15) is 30.9 Å². The largest absolute Gasteiger partial charge is 0.398 e. The summed E-state index contributed by atoms with van der Waals surface area (Å²) in [6.45, 7) is 3.80. The molecular weight excluding hydrogens is 504 g/mol. The smallest absolute Gasteiger partial charge is 0.263 e. The van der Waals surface area contributed by atoms with Gasteiger partial charge in [0.15, 0.2) is 5.82 Å². The van der Waals surface area contributed by atoms with Crippen molar-refractivity contribution in [1.29, 1.82) is 0 Å². The number of hydrogen-bond donors (Lipinski definition) is 2. The third-order valence-electron chi connectivity index (χ3n) is 6.91. The van der Waals surface area contributed by atoms with Gasteiger partial charge < -0.3 is 15.6 Å². The van der Waals surface area contributed by atoms with Gasteiger partial charge in [0.05, 0.1) is 17.6 Å². The Bertz CT molecular complexity index is 1890. The second kappa shape index (κ2) is 10.1. The maximum atomic E-state index is 14.4. The van der Waals surface area contributed by atoms with Crippen molar-refractivity contribution in [2.75, 3.05) is 11.1 Å². The minimum atomic E-state index is -0.309. The number of rotatable bonds is 7. The van der Waals surface area contributed by atoms with Crippen LogP contribution in [0.2, 0.25) is 0 Å². The van der Waals surface area contributed by atoms with Crippen molar-refractivity contribution in [3.05, 3.63) is 101 Å². The molecule has 3 N–H and O–H groups in total. The molecular formula is C30H28N8O2. The first-order valence-electron chi connectivity index (χ1n) is 13.0. The average Bonchev–Trinajstić information content (AvgIpc) is 3.59. The van der Waals surface area contributed by atoms with E-state index in [1.165, 1.54) is 0 Å². The van der Waals surface area contributed by atoms with E-state index in [-0.39, 0.29) is 17.5 Å². The summed E-state index contributed by atoms with van der Waals surface area (Å²) in [6.07, 6.45) is 5.97. The third kappa shape index (κ3) is 4.39. The van der Waals surface area contributed by atoms with Crippen molar-refractivity contribution in [2.24, 2.45) is 7.05 Å². The van der Waals surface area contributed by atoms with Gasteiger partial charge in [-0.1, -0.05) is 48.5 Å². The topological polar surface area (TPSA) is 130 Å². The van der Waals surface area contributed by atoms with Crippen LogP contribution in [0.15, 0.2) is 88.6 Å². The summed E-state index contributed by atoms with van der Waals surface area (Å²) in [6, 6.07) is 19.0. The Balaban J connectivity index is 1.56. The molecule has 0 aliphatic carbocycles. The number of nitrogens with one attached hydrogen (secondary N) is 1. The van der Waals surface area contributed by atoms with E-state index in [1.807, 2.05) is 61.8 Å². The van der Waals surface area contributed by atoms with Crippen molar-refractivity contribution < 1.29 is 4.52 Å². The molecule has 6 aromatic rings. The van der Waals surface area contributed by atoms with E-state index in [2.05, 4.69) is 38.5 Å². The standard InChI is InChI=1S/C30H28N8O2/c1-4-24(35-28-27(23(31)13-14-32-28)29-34-18(2)36-40-29)25-15-19-9-8-12-22(20-16-33-37(3)17-20)26(19)30(39)38(25)21-10-6-5-7-11-21/h5-17,24H,4H2,1-3H3,(H3,31,32,35)/t24-/m0/s1. The van der Waals surface area contributed by atoms with Crippen LogP contribution in [0.5, 0.6) is 0 Å². The van der Waals surface area contributed by atoms with Gasteiger partial charge in [0.1, 0.15) is 11.4 Å². The highest BCUT2D eigenvalue weighted by Gasteiger charge is 2.24. The molecule has 0 unspecified atom stereocenters. The van der Waals surface area contributed by atoms with Gasteiger partial charge in [0.2, 0.25) is 0 Å². The van der Waals surface area contributed by atoms with Gasteiger partial charge in [-0.15, -0.1) is 0 Å². The maximum Gasteiger partial charge on any atom is 0.263 e. The van der Waals surface area contributed by atoms with E-state index in [9.17, 15) is 4.79 Å². The fraction of sp³-hybridized carbons (Fsp3) is 0.167. The Labute approximate surface area is 230 Å². The highest BCUT2D eigenvalue weighted by molar-refractivity contribution is 5.96. The molecule has 200 valence electrons. The van der Waals surface area contributed by atoms with E-state index in [1.54, 1.807) is 34.6 Å². The fourth-order valence-corrected chi connectivity index (χ4v) is 5.04. The Hall–Kier alpha value is -5.25. The number of pyridine rings is 2. The normalized spacial score (nSPS) is 12.1. The summed E-state index contributed by atoms with van der Waals surface area (Å²) in [4.78, 5) is 23.3. The highest BCUT2D eigenvalue weighted by atomic mass is 16.5. The maximum absolute atomic E-state index is 14.4. The van der Waals surface area contributed by atoms with Crippen LogP contribution in [0, 0.1) is 6.92 Å². The van der Waals surface area contributed by atoms with E-state index in [0.29, 0.717) is 34.7 Å². The number of nitrogens with two attached hydrogens (primary N) is 1. The van der Waals surface area contributed by atoms with Crippen molar-refractivity contribution in [3.63, 3.8) is 0 Å². The number of hydrogen-bond acceptors (Lipinski definition) is 8. The lowest BCUT2D eigenvalue weighted by Crippen LogP contribution is -2.27. The summed E-state index contributed by atoms with van der Waals surface area (Å²) in [5, 5.41) is 13.2. The van der Waals surface area contributed by atoms with Gasteiger partial charge >= 0.3 is 0 Å². The number of nitrogen functional groups attached to an aromatic ring is 1. The number of nitrogens with zero attached hydrogens (tertiary/aromatic N) is 6. The van der Waals surface area contributed by atoms with Crippen molar-refractivity contribution in [3.8, 4) is 28.3 Å². The van der Waals surface area contributed by atoms with Crippen LogP contribution in [0.3, 0.4) is 0 Å². The first kappa shape index (κ1) is 25.1. The van der Waals surface area contributed by atoms with Gasteiger partial charge in [-0.3, -0.25) is 14.0 Å². The highest BCUT2D eigenvalue weighted by Crippen LogP contribution is 2.35. The van der Waals surface area contributed by atoms with Crippen molar-refractivity contribution in [2.45, 2.75) is 26.3 Å². The molecule has 0 amide bonds. The van der Waals surface area contributed by atoms with Gasteiger partial charge in [0.25, 0.3) is 11.4 Å². The number of fused-ring (bicyclic) bond motifs is 1. The molecule has 0 aliphatic rings.